The van der Waals surface area contributed by atoms with Crippen molar-refractivity contribution < 1.29 is 9.82 Å². The van der Waals surface area contributed by atoms with Crippen LogP contribution in [0.4, 0.5) is 0 Å². The average molecular weight is 221 g/mol. The van der Waals surface area contributed by atoms with Gasteiger partial charge in [0.2, 0.25) is 5.91 Å². The molecule has 0 spiro atoms. The summed E-state index contributed by atoms with van der Waals surface area (Å²) in [6.07, 6.45) is 5.93. The summed E-state index contributed by atoms with van der Waals surface area (Å²) in [6.45, 7) is 9.03. The lowest BCUT2D eigenvalue weighted by atomic mass is 9.71. The molecule has 0 aliphatic carbocycles. The van der Waals surface area contributed by atoms with Crippen molar-refractivity contribution in [2.24, 2.45) is 0 Å². The van der Waals surface area contributed by atoms with Gasteiger partial charge in [-0.2, -0.15) is 0 Å². The van der Waals surface area contributed by atoms with Crippen LogP contribution in [0.25, 0.3) is 0 Å². The number of rotatable bonds is 5. The second-order valence-corrected chi connectivity index (χ2v) is 3.73. The predicted molar refractivity (Wildman–Crippen MR) is 68.7 cm³/mol. The van der Waals surface area contributed by atoms with Gasteiger partial charge in [0.25, 0.3) is 0 Å². The third-order valence-electron chi connectivity index (χ3n) is 2.32. The van der Waals surface area contributed by atoms with Crippen LogP contribution in [0.3, 0.4) is 0 Å². The summed E-state index contributed by atoms with van der Waals surface area (Å²) in [6, 6.07) is 0. The molecule has 0 saturated heterocycles. The Balaban J connectivity index is 4.74. The first kappa shape index (κ1) is 14.7. The van der Waals surface area contributed by atoms with Gasteiger partial charge < -0.3 is 9.83 Å². The quantitative estimate of drug-likeness (QED) is 0.438. The van der Waals surface area contributed by atoms with Gasteiger partial charge in [0, 0.05) is 5.57 Å². The molecule has 0 rings (SSSR count). The molecule has 0 atom stereocenters. The summed E-state index contributed by atoms with van der Waals surface area (Å²) < 4.78 is 0. The fraction of sp³-hybridized carbons (Fsp3) is 0.417. The van der Waals surface area contributed by atoms with Crippen molar-refractivity contribution in [3.63, 3.8) is 0 Å². The summed E-state index contributed by atoms with van der Waals surface area (Å²) in [5.41, 5.74) is 1.34. The van der Waals surface area contributed by atoms with Gasteiger partial charge in [-0.25, -0.2) is 0 Å². The molecule has 0 aliphatic rings. The van der Waals surface area contributed by atoms with E-state index in [2.05, 4.69) is 6.58 Å². The van der Waals surface area contributed by atoms with Gasteiger partial charge in [0.05, 0.1) is 0 Å². The van der Waals surface area contributed by atoms with E-state index in [4.69, 9.17) is 0 Å². The van der Waals surface area contributed by atoms with E-state index in [0.29, 0.717) is 11.0 Å². The Bertz CT molecular complexity index is 321. The molecule has 0 heterocycles. The fourth-order valence-corrected chi connectivity index (χ4v) is 1.36. The van der Waals surface area contributed by atoms with E-state index in [0.717, 1.165) is 6.42 Å². The van der Waals surface area contributed by atoms with Gasteiger partial charge in [-0.1, -0.05) is 37.2 Å². The third kappa shape index (κ3) is 4.07. The number of allylic oxidation sites excluding steroid dienone is 4. The summed E-state index contributed by atoms with van der Waals surface area (Å²) >= 11 is 0. The molecule has 0 aromatic heterocycles. The maximum absolute atomic E-state index is 11.8. The second kappa shape index (κ2) is 7.07. The lowest BCUT2D eigenvalue weighted by Crippen LogP contribution is -2.42. The number of hydrogen-bond donors (Lipinski definition) is 1. The molecule has 0 radical (unpaired) electrons. The molecule has 0 unspecified atom stereocenters. The fourth-order valence-electron chi connectivity index (χ4n) is 1.36. The standard InChI is InChI=1S/C12H20BNO2/c1-6-8-10(3)12(15)14(5)13(16)11(4)9-7-2/h7-9,16H,2,6H2,1,3-5H3/b10-8+,11-9+. The molecule has 0 aromatic rings. The van der Waals surface area contributed by atoms with E-state index in [-0.39, 0.29) is 5.91 Å². The molecule has 88 valence electrons. The third-order valence-corrected chi connectivity index (χ3v) is 2.32. The molecule has 4 heteroatoms. The zero-order chi connectivity index (χ0) is 12.7. The average Bonchev–Trinajstić information content (AvgIpc) is 2.26. The molecule has 0 fully saturated rings. The van der Waals surface area contributed by atoms with Crippen molar-refractivity contribution >= 4 is 13.0 Å². The van der Waals surface area contributed by atoms with Crippen LogP contribution in [0.2, 0.25) is 0 Å². The summed E-state index contributed by atoms with van der Waals surface area (Å²) in [5.74, 6) is -0.161. The first-order chi connectivity index (χ1) is 7.45. The van der Waals surface area contributed by atoms with Gasteiger partial charge >= 0.3 is 7.05 Å². The van der Waals surface area contributed by atoms with Gasteiger partial charge in [-0.3, -0.25) is 4.79 Å². The highest BCUT2D eigenvalue weighted by Gasteiger charge is 2.25. The second-order valence-electron chi connectivity index (χ2n) is 3.73. The number of hydrogen-bond acceptors (Lipinski definition) is 2. The van der Waals surface area contributed by atoms with Crippen LogP contribution in [-0.4, -0.2) is 29.8 Å². The zero-order valence-electron chi connectivity index (χ0n) is 10.5. The van der Waals surface area contributed by atoms with E-state index >= 15 is 0 Å². The topological polar surface area (TPSA) is 40.5 Å². The molecule has 0 aromatic carbocycles. The smallest absolute Gasteiger partial charge is 0.429 e. The van der Waals surface area contributed by atoms with E-state index in [1.807, 2.05) is 13.0 Å². The molecule has 0 aliphatic heterocycles. The largest absolute Gasteiger partial charge is 0.447 e. The number of carbonyl (C=O) groups excluding carboxylic acids is 1. The van der Waals surface area contributed by atoms with Crippen LogP contribution >= 0.6 is 0 Å². The molecular weight excluding hydrogens is 201 g/mol. The summed E-state index contributed by atoms with van der Waals surface area (Å²) in [7, 11) is 0.686. The number of likely N-dealkylation sites (N-methyl/N-ethyl adjacent to an activating group) is 1. The highest BCUT2D eigenvalue weighted by Crippen LogP contribution is 2.07. The lowest BCUT2D eigenvalue weighted by molar-refractivity contribution is -0.122. The Morgan fingerprint density at radius 3 is 2.50 bits per heavy atom. The molecule has 0 saturated carbocycles. The van der Waals surface area contributed by atoms with Crippen molar-refractivity contribution in [3.8, 4) is 0 Å². The van der Waals surface area contributed by atoms with Gasteiger partial charge in [0.1, 0.15) is 0 Å². The van der Waals surface area contributed by atoms with E-state index in [1.54, 1.807) is 33.0 Å². The first-order valence-corrected chi connectivity index (χ1v) is 5.36. The summed E-state index contributed by atoms with van der Waals surface area (Å²) in [4.78, 5) is 13.1. The van der Waals surface area contributed by atoms with E-state index in [1.165, 1.54) is 4.81 Å². The zero-order valence-corrected chi connectivity index (χ0v) is 10.5. The Morgan fingerprint density at radius 1 is 1.50 bits per heavy atom. The molecule has 1 N–H and O–H groups in total. The van der Waals surface area contributed by atoms with Crippen molar-refractivity contribution in [2.75, 3.05) is 7.05 Å². The monoisotopic (exact) mass is 221 g/mol. The SMILES string of the molecule is C=C/C=C(\C)B(O)N(C)C(=O)/C(C)=C/CC. The van der Waals surface area contributed by atoms with Crippen LogP contribution in [0, 0.1) is 0 Å². The van der Waals surface area contributed by atoms with Gasteiger partial charge in [-0.05, 0) is 27.3 Å². The van der Waals surface area contributed by atoms with Crippen LogP contribution < -0.4 is 0 Å². The van der Waals surface area contributed by atoms with Crippen molar-refractivity contribution in [2.45, 2.75) is 27.2 Å². The van der Waals surface area contributed by atoms with Crippen LogP contribution in [-0.2, 0) is 4.79 Å². The lowest BCUT2D eigenvalue weighted by Gasteiger charge is -2.21. The van der Waals surface area contributed by atoms with Crippen molar-refractivity contribution in [1.82, 2.24) is 4.81 Å². The Labute approximate surface area is 98.3 Å². The predicted octanol–water partition coefficient (Wildman–Crippen LogP) is 1.95. The normalized spacial score (nSPS) is 12.3. The van der Waals surface area contributed by atoms with Gasteiger partial charge in [-0.15, -0.1) is 0 Å². The van der Waals surface area contributed by atoms with Crippen LogP contribution in [0.15, 0.2) is 35.9 Å². The van der Waals surface area contributed by atoms with Crippen molar-refractivity contribution in [3.05, 3.63) is 35.9 Å². The Morgan fingerprint density at radius 2 is 2.06 bits per heavy atom. The van der Waals surface area contributed by atoms with Crippen LogP contribution in [0.1, 0.15) is 27.2 Å². The molecule has 0 bridgehead atoms. The minimum Gasteiger partial charge on any atom is -0.429 e. The minimum atomic E-state index is -0.897. The van der Waals surface area contributed by atoms with E-state index in [9.17, 15) is 9.82 Å². The minimum absolute atomic E-state index is 0.161. The molecule has 1 amide bonds. The van der Waals surface area contributed by atoms with Crippen molar-refractivity contribution in [1.29, 1.82) is 0 Å². The maximum atomic E-state index is 11.8. The highest BCUT2D eigenvalue weighted by atomic mass is 16.2. The Hall–Kier alpha value is -1.29. The maximum Gasteiger partial charge on any atom is 0.447 e. The van der Waals surface area contributed by atoms with Crippen LogP contribution in [0.5, 0.6) is 0 Å². The number of carbonyl (C=O) groups is 1. The molecule has 3 nitrogen and oxygen atoms in total. The first-order valence-electron chi connectivity index (χ1n) is 5.36. The molecular formula is C12H20BNO2. The van der Waals surface area contributed by atoms with Gasteiger partial charge in [0.15, 0.2) is 0 Å². The number of amides is 1. The Kier molecular flexibility index (Phi) is 6.50. The summed E-state index contributed by atoms with van der Waals surface area (Å²) in [5, 5.41) is 9.87. The number of nitrogens with zero attached hydrogens (tertiary/aromatic N) is 1. The van der Waals surface area contributed by atoms with E-state index < -0.39 is 7.05 Å². The highest BCUT2D eigenvalue weighted by molar-refractivity contribution is 6.59. The molecule has 16 heavy (non-hydrogen) atoms.